The Hall–Kier alpha value is -1.38. The second kappa shape index (κ2) is 5.32. The maximum Gasteiger partial charge on any atom is 0.243 e. The molecule has 1 atom stereocenters. The standard InChI is InChI=1S/C14H18N2O2S/c1-11(2)14-7-4-8-16(14)19(17,18)13-6-3-5-12(9-13)10-15/h3,5-6,9,11,14H,4,7-8H2,1-2H3. The van der Waals surface area contributed by atoms with E-state index in [1.807, 2.05) is 19.9 Å². The van der Waals surface area contributed by atoms with Gasteiger partial charge in [-0.2, -0.15) is 9.57 Å². The van der Waals surface area contributed by atoms with E-state index < -0.39 is 10.0 Å². The van der Waals surface area contributed by atoms with Gasteiger partial charge in [-0.15, -0.1) is 0 Å². The first-order chi connectivity index (χ1) is 8.96. The molecule has 1 fully saturated rings. The fraction of sp³-hybridized carbons (Fsp3) is 0.500. The summed E-state index contributed by atoms with van der Waals surface area (Å²) in [5, 5.41) is 8.87. The third-order valence-electron chi connectivity index (χ3n) is 3.59. The number of nitrogens with zero attached hydrogens (tertiary/aromatic N) is 2. The maximum atomic E-state index is 12.6. The van der Waals surface area contributed by atoms with E-state index in [2.05, 4.69) is 0 Å². The van der Waals surface area contributed by atoms with E-state index in [0.29, 0.717) is 18.0 Å². The molecule has 0 aliphatic carbocycles. The molecule has 0 spiro atoms. The van der Waals surface area contributed by atoms with Crippen molar-refractivity contribution in [2.45, 2.75) is 37.6 Å². The van der Waals surface area contributed by atoms with E-state index in [1.165, 1.54) is 6.07 Å². The average Bonchev–Trinajstić information content (AvgIpc) is 2.89. The largest absolute Gasteiger partial charge is 0.243 e. The molecule has 4 nitrogen and oxygen atoms in total. The highest BCUT2D eigenvalue weighted by Crippen LogP contribution is 2.30. The van der Waals surface area contributed by atoms with Crippen LogP contribution < -0.4 is 0 Å². The maximum absolute atomic E-state index is 12.6. The van der Waals surface area contributed by atoms with Crippen LogP contribution in [-0.2, 0) is 10.0 Å². The van der Waals surface area contributed by atoms with Crippen molar-refractivity contribution in [2.24, 2.45) is 5.92 Å². The van der Waals surface area contributed by atoms with Gasteiger partial charge in [-0.25, -0.2) is 8.42 Å². The molecule has 1 unspecified atom stereocenters. The summed E-state index contributed by atoms with van der Waals surface area (Å²) in [5.74, 6) is 0.302. The third kappa shape index (κ3) is 2.65. The van der Waals surface area contributed by atoms with Crippen LogP contribution in [0.15, 0.2) is 29.2 Å². The predicted octanol–water partition coefficient (Wildman–Crippen LogP) is 2.37. The van der Waals surface area contributed by atoms with Crippen molar-refractivity contribution < 1.29 is 8.42 Å². The van der Waals surface area contributed by atoms with Crippen LogP contribution in [0.25, 0.3) is 0 Å². The zero-order valence-corrected chi connectivity index (χ0v) is 12.0. The number of sulfonamides is 1. The van der Waals surface area contributed by atoms with Crippen LogP contribution in [0, 0.1) is 17.2 Å². The topological polar surface area (TPSA) is 61.2 Å². The number of hydrogen-bond donors (Lipinski definition) is 0. The first-order valence-electron chi connectivity index (χ1n) is 6.49. The van der Waals surface area contributed by atoms with Crippen molar-refractivity contribution in [3.63, 3.8) is 0 Å². The van der Waals surface area contributed by atoms with Gasteiger partial charge in [-0.1, -0.05) is 19.9 Å². The molecular formula is C14H18N2O2S. The quantitative estimate of drug-likeness (QED) is 0.852. The molecule has 0 aromatic heterocycles. The lowest BCUT2D eigenvalue weighted by Crippen LogP contribution is -2.38. The fourth-order valence-electron chi connectivity index (χ4n) is 2.59. The monoisotopic (exact) mass is 278 g/mol. The molecule has 0 radical (unpaired) electrons. The number of rotatable bonds is 3. The summed E-state index contributed by atoms with van der Waals surface area (Å²) in [6.07, 6.45) is 1.81. The lowest BCUT2D eigenvalue weighted by molar-refractivity contribution is 0.316. The van der Waals surface area contributed by atoms with Gasteiger partial charge >= 0.3 is 0 Å². The van der Waals surface area contributed by atoms with Crippen molar-refractivity contribution in [2.75, 3.05) is 6.54 Å². The van der Waals surface area contributed by atoms with Crippen LogP contribution >= 0.6 is 0 Å². The lowest BCUT2D eigenvalue weighted by atomic mass is 10.0. The van der Waals surface area contributed by atoms with E-state index in [4.69, 9.17) is 5.26 Å². The van der Waals surface area contributed by atoms with Gasteiger partial charge in [0.05, 0.1) is 16.5 Å². The van der Waals surface area contributed by atoms with Crippen LogP contribution in [0.3, 0.4) is 0 Å². The van der Waals surface area contributed by atoms with Crippen LogP contribution in [0.4, 0.5) is 0 Å². The van der Waals surface area contributed by atoms with E-state index >= 15 is 0 Å². The molecule has 0 N–H and O–H groups in total. The Bertz CT molecular complexity index is 602. The van der Waals surface area contributed by atoms with E-state index in [1.54, 1.807) is 22.5 Å². The van der Waals surface area contributed by atoms with Gasteiger partial charge in [-0.3, -0.25) is 0 Å². The Balaban J connectivity index is 2.39. The molecule has 1 aliphatic heterocycles. The smallest absolute Gasteiger partial charge is 0.207 e. The predicted molar refractivity (Wildman–Crippen MR) is 72.9 cm³/mol. The van der Waals surface area contributed by atoms with Crippen LogP contribution in [0.5, 0.6) is 0 Å². The highest BCUT2D eigenvalue weighted by atomic mass is 32.2. The van der Waals surface area contributed by atoms with Gasteiger partial charge in [-0.05, 0) is 37.0 Å². The molecule has 2 rings (SSSR count). The SMILES string of the molecule is CC(C)C1CCCN1S(=O)(=O)c1cccc(C#N)c1. The summed E-state index contributed by atoms with van der Waals surface area (Å²) >= 11 is 0. The molecule has 1 saturated heterocycles. The number of hydrogen-bond acceptors (Lipinski definition) is 3. The van der Waals surface area contributed by atoms with E-state index in [-0.39, 0.29) is 10.9 Å². The van der Waals surface area contributed by atoms with Gasteiger partial charge < -0.3 is 0 Å². The molecule has 0 saturated carbocycles. The second-order valence-electron chi connectivity index (χ2n) is 5.21. The zero-order chi connectivity index (χ0) is 14.0. The van der Waals surface area contributed by atoms with Crippen LogP contribution in [0.2, 0.25) is 0 Å². The first kappa shape index (κ1) is 14.0. The Kier molecular flexibility index (Phi) is 3.93. The van der Waals surface area contributed by atoms with Crippen molar-refractivity contribution in [1.29, 1.82) is 5.26 Å². The zero-order valence-electron chi connectivity index (χ0n) is 11.2. The van der Waals surface area contributed by atoms with Crippen LogP contribution in [-0.4, -0.2) is 25.3 Å². The molecular weight excluding hydrogens is 260 g/mol. The average molecular weight is 278 g/mol. The molecule has 1 aromatic carbocycles. The normalized spacial score (nSPS) is 20.6. The van der Waals surface area contributed by atoms with Gasteiger partial charge in [0.15, 0.2) is 0 Å². The lowest BCUT2D eigenvalue weighted by Gasteiger charge is -2.26. The van der Waals surface area contributed by atoms with Gasteiger partial charge in [0.1, 0.15) is 0 Å². The third-order valence-corrected chi connectivity index (χ3v) is 5.51. The Morgan fingerprint density at radius 3 is 2.79 bits per heavy atom. The van der Waals surface area contributed by atoms with Crippen molar-refractivity contribution in [3.8, 4) is 6.07 Å². The van der Waals surface area contributed by atoms with Crippen molar-refractivity contribution in [1.82, 2.24) is 4.31 Å². The molecule has 0 amide bonds. The van der Waals surface area contributed by atoms with E-state index in [0.717, 1.165) is 12.8 Å². The Labute approximate surface area is 114 Å². The number of nitriles is 1. The number of benzene rings is 1. The summed E-state index contributed by atoms with van der Waals surface area (Å²) < 4.78 is 26.9. The van der Waals surface area contributed by atoms with E-state index in [9.17, 15) is 8.42 Å². The molecule has 0 bridgehead atoms. The minimum absolute atomic E-state index is 0.0655. The minimum atomic E-state index is -3.48. The fourth-order valence-corrected chi connectivity index (χ4v) is 4.46. The summed E-state index contributed by atoms with van der Waals surface area (Å²) in [5.41, 5.74) is 0.376. The highest BCUT2D eigenvalue weighted by molar-refractivity contribution is 7.89. The summed E-state index contributed by atoms with van der Waals surface area (Å²) in [6.45, 7) is 4.66. The molecule has 1 aliphatic rings. The van der Waals surface area contributed by atoms with Gasteiger partial charge in [0.25, 0.3) is 0 Å². The molecule has 1 heterocycles. The molecule has 5 heteroatoms. The second-order valence-corrected chi connectivity index (χ2v) is 7.10. The molecule has 102 valence electrons. The van der Waals surface area contributed by atoms with Crippen LogP contribution in [0.1, 0.15) is 32.3 Å². The summed E-state index contributed by atoms with van der Waals surface area (Å²) in [4.78, 5) is 0.221. The van der Waals surface area contributed by atoms with Crippen molar-refractivity contribution >= 4 is 10.0 Å². The highest BCUT2D eigenvalue weighted by Gasteiger charge is 2.36. The first-order valence-corrected chi connectivity index (χ1v) is 7.93. The Morgan fingerprint density at radius 1 is 1.42 bits per heavy atom. The van der Waals surface area contributed by atoms with Crippen molar-refractivity contribution in [3.05, 3.63) is 29.8 Å². The van der Waals surface area contributed by atoms with Gasteiger partial charge in [0.2, 0.25) is 10.0 Å². The molecule has 19 heavy (non-hydrogen) atoms. The van der Waals surface area contributed by atoms with Gasteiger partial charge in [0, 0.05) is 12.6 Å². The Morgan fingerprint density at radius 2 is 2.16 bits per heavy atom. The summed E-state index contributed by atoms with van der Waals surface area (Å²) in [6, 6.07) is 8.29. The minimum Gasteiger partial charge on any atom is -0.207 e. The summed E-state index contributed by atoms with van der Waals surface area (Å²) in [7, 11) is -3.48. The molecule has 1 aromatic rings.